The van der Waals surface area contributed by atoms with Crippen LogP contribution in [0.5, 0.6) is 0 Å². The van der Waals surface area contributed by atoms with Gasteiger partial charge in [0.2, 0.25) is 0 Å². The van der Waals surface area contributed by atoms with Crippen molar-refractivity contribution in [3.63, 3.8) is 0 Å². The van der Waals surface area contributed by atoms with Crippen molar-refractivity contribution in [2.45, 2.75) is 35.9 Å². The quantitative estimate of drug-likeness (QED) is 0.341. The Bertz CT molecular complexity index is 478. The molecule has 0 amide bonds. The minimum Gasteiger partial charge on any atom is -0.545 e. The van der Waals surface area contributed by atoms with Gasteiger partial charge >= 0.3 is 65.5 Å². The van der Waals surface area contributed by atoms with Crippen molar-refractivity contribution in [2.24, 2.45) is 0 Å². The van der Waals surface area contributed by atoms with Crippen LogP contribution in [0.4, 0.5) is 52.7 Å². The van der Waals surface area contributed by atoms with E-state index in [1.54, 1.807) is 0 Å². The Morgan fingerprint density at radius 3 is 1.22 bits per heavy atom. The predicted octanol–water partition coefficient (Wildman–Crippen LogP) is -1.26. The molecule has 1 atom stereocenters. The molecule has 23 heavy (non-hydrogen) atoms. The number of rotatable bonds is 2. The number of likely N-dealkylation sites (tertiary alicyclic amines) is 1. The molecular weight excluding hydrogens is 381 g/mol. The number of carbonyl (C=O) groups excluding carboxylic acids is 1. The van der Waals surface area contributed by atoms with E-state index in [1.165, 1.54) is 0 Å². The third-order valence-corrected chi connectivity index (χ3v) is 2.67. The largest absolute Gasteiger partial charge is 1.00 e. The summed E-state index contributed by atoms with van der Waals surface area (Å²) in [6.45, 7) is 0. The maximum atomic E-state index is 13.3. The van der Waals surface area contributed by atoms with E-state index in [0.717, 1.165) is 0 Å². The molecule has 0 N–H and O–H groups in total. The van der Waals surface area contributed by atoms with Gasteiger partial charge in [-0.05, 0) is 0 Å². The van der Waals surface area contributed by atoms with Crippen LogP contribution in [0.1, 0.15) is 0 Å². The SMILES string of the molecule is O=C([O-])C(F)(N1C(F)(F)C(F)(F)C(F)(F)C1(F)F)C(F)(F)F.[Na+]. The van der Waals surface area contributed by atoms with Gasteiger partial charge in [0.05, 0.1) is 0 Å². The Kier molecular flexibility index (Phi) is 5.20. The number of carbonyl (C=O) groups is 1. The molecule has 0 aromatic heterocycles. The maximum Gasteiger partial charge on any atom is 1.00 e. The number of carboxylic acid groups (broad SMARTS) is 1. The molecule has 1 aliphatic heterocycles. The molecule has 0 aliphatic carbocycles. The molecule has 0 aromatic carbocycles. The van der Waals surface area contributed by atoms with Crippen LogP contribution in [0.3, 0.4) is 0 Å². The van der Waals surface area contributed by atoms with Gasteiger partial charge in [-0.1, -0.05) is 0 Å². The maximum absolute atomic E-state index is 13.3. The van der Waals surface area contributed by atoms with Crippen molar-refractivity contribution in [1.82, 2.24) is 4.90 Å². The second kappa shape index (κ2) is 5.29. The van der Waals surface area contributed by atoms with Gasteiger partial charge in [-0.3, -0.25) is 0 Å². The van der Waals surface area contributed by atoms with Crippen LogP contribution in [0.2, 0.25) is 0 Å². The zero-order valence-corrected chi connectivity index (χ0v) is 12.3. The number of nitrogens with zero attached hydrogens (tertiary/aromatic N) is 1. The van der Waals surface area contributed by atoms with Crippen LogP contribution < -0.4 is 34.7 Å². The molecule has 0 aromatic rings. The van der Waals surface area contributed by atoms with Gasteiger partial charge in [0, 0.05) is 0 Å². The molecule has 1 saturated heterocycles. The van der Waals surface area contributed by atoms with E-state index in [4.69, 9.17) is 0 Å². The van der Waals surface area contributed by atoms with Crippen molar-refractivity contribution in [2.75, 3.05) is 0 Å². The summed E-state index contributed by atoms with van der Waals surface area (Å²) in [7, 11) is 0. The van der Waals surface area contributed by atoms with Crippen molar-refractivity contribution in [3.8, 4) is 0 Å². The van der Waals surface area contributed by atoms with Gasteiger partial charge in [0.1, 0.15) is 5.97 Å². The molecule has 3 nitrogen and oxygen atoms in total. The summed E-state index contributed by atoms with van der Waals surface area (Å²) in [5.41, 5.74) is 0. The van der Waals surface area contributed by atoms with E-state index in [2.05, 4.69) is 0 Å². The van der Waals surface area contributed by atoms with Crippen LogP contribution in [-0.4, -0.2) is 46.8 Å². The zero-order valence-electron chi connectivity index (χ0n) is 10.3. The van der Waals surface area contributed by atoms with E-state index >= 15 is 0 Å². The monoisotopic (exact) mass is 381 g/mol. The number of alkyl halides is 12. The van der Waals surface area contributed by atoms with Gasteiger partial charge in [0.25, 0.3) is 0 Å². The first-order valence-corrected chi connectivity index (χ1v) is 4.60. The standard InChI is InChI=1S/C7HF12NO2.Na/c8-2(1(21)22,5(13,14)15)20-6(16,17)3(9,10)4(11,12)7(20,18)19;/h(H,21,22);/q;+1/p-1. The fourth-order valence-electron chi connectivity index (χ4n) is 1.56. The number of aliphatic carboxylic acids is 1. The van der Waals surface area contributed by atoms with E-state index in [-0.39, 0.29) is 29.6 Å². The Morgan fingerprint density at radius 2 is 1.04 bits per heavy atom. The predicted molar refractivity (Wildman–Crippen MR) is 36.5 cm³/mol. The van der Waals surface area contributed by atoms with Crippen molar-refractivity contribution in [3.05, 3.63) is 0 Å². The Morgan fingerprint density at radius 1 is 0.783 bits per heavy atom. The summed E-state index contributed by atoms with van der Waals surface area (Å²) in [6.07, 6.45) is -7.24. The summed E-state index contributed by atoms with van der Waals surface area (Å²) in [6, 6.07) is -14.4. The van der Waals surface area contributed by atoms with Gasteiger partial charge in [-0.2, -0.15) is 48.3 Å². The first-order chi connectivity index (χ1) is 9.31. The molecule has 0 saturated carbocycles. The molecule has 130 valence electrons. The number of halogens is 12. The van der Waals surface area contributed by atoms with Crippen molar-refractivity contribution >= 4 is 5.97 Å². The van der Waals surface area contributed by atoms with Crippen LogP contribution in [-0.2, 0) is 4.79 Å². The molecule has 1 rings (SSSR count). The van der Waals surface area contributed by atoms with E-state index in [9.17, 15) is 62.6 Å². The molecule has 1 heterocycles. The van der Waals surface area contributed by atoms with E-state index in [0.29, 0.717) is 0 Å². The third kappa shape index (κ3) is 2.33. The Balaban J connectivity index is 0.00000484. The molecule has 0 radical (unpaired) electrons. The first kappa shape index (κ1) is 22.6. The van der Waals surface area contributed by atoms with Crippen LogP contribution in [0, 0.1) is 0 Å². The summed E-state index contributed by atoms with van der Waals surface area (Å²) in [4.78, 5) is 6.31. The second-order valence-electron chi connectivity index (χ2n) is 3.97. The topological polar surface area (TPSA) is 43.4 Å². The van der Waals surface area contributed by atoms with Crippen LogP contribution >= 0.6 is 0 Å². The van der Waals surface area contributed by atoms with Crippen molar-refractivity contribution < 1.29 is 92.1 Å². The molecule has 0 spiro atoms. The fraction of sp³-hybridized carbons (Fsp3) is 0.857. The molecule has 0 bridgehead atoms. The average Bonchev–Trinajstić information content (AvgIpc) is 2.31. The molecule has 16 heteroatoms. The minimum atomic E-state index is -7.24. The number of hydrogen-bond acceptors (Lipinski definition) is 3. The molecule has 1 unspecified atom stereocenters. The Hall–Kier alpha value is -0.410. The average molecular weight is 381 g/mol. The third-order valence-electron chi connectivity index (χ3n) is 2.67. The van der Waals surface area contributed by atoms with Crippen molar-refractivity contribution in [1.29, 1.82) is 0 Å². The Labute approximate surface area is 139 Å². The van der Waals surface area contributed by atoms with Gasteiger partial charge in [0.15, 0.2) is 0 Å². The van der Waals surface area contributed by atoms with Gasteiger partial charge in [-0.15, -0.1) is 4.90 Å². The van der Waals surface area contributed by atoms with Gasteiger partial charge < -0.3 is 9.90 Å². The number of carboxylic acids is 1. The summed E-state index contributed by atoms with van der Waals surface area (Å²) in [5, 5.41) is 10.0. The fourth-order valence-corrected chi connectivity index (χ4v) is 1.56. The molecule has 1 fully saturated rings. The summed E-state index contributed by atoms with van der Waals surface area (Å²) in [5.74, 6) is -25.9. The second-order valence-corrected chi connectivity index (χ2v) is 3.97. The van der Waals surface area contributed by atoms with E-state index < -0.39 is 46.8 Å². The summed E-state index contributed by atoms with van der Waals surface area (Å²) >= 11 is 0. The van der Waals surface area contributed by atoms with Gasteiger partial charge in [-0.25, -0.2) is 4.39 Å². The van der Waals surface area contributed by atoms with Crippen LogP contribution in [0.15, 0.2) is 0 Å². The number of hydrogen-bond donors (Lipinski definition) is 0. The smallest absolute Gasteiger partial charge is 0.545 e. The normalized spacial score (nSPS) is 27.8. The summed E-state index contributed by atoms with van der Waals surface area (Å²) < 4.78 is 152. The molecular formula is C7F12NNaO2. The first-order valence-electron chi connectivity index (χ1n) is 4.60. The minimum absolute atomic E-state index is 0. The zero-order chi connectivity index (χ0) is 18.2. The van der Waals surface area contributed by atoms with E-state index in [1.807, 2.05) is 0 Å². The van der Waals surface area contributed by atoms with Crippen LogP contribution in [0.25, 0.3) is 0 Å². The molecule has 1 aliphatic rings.